The van der Waals surface area contributed by atoms with E-state index in [9.17, 15) is 0 Å². The highest BCUT2D eigenvalue weighted by atomic mass is 127. The Kier molecular flexibility index (Phi) is 7.10. The van der Waals surface area contributed by atoms with Gasteiger partial charge in [0.15, 0.2) is 0 Å². The van der Waals surface area contributed by atoms with Crippen LogP contribution in [0.4, 0.5) is 0 Å². The molecule has 16 heavy (non-hydrogen) atoms. The number of hydrogen-bond donors (Lipinski definition) is 0. The van der Waals surface area contributed by atoms with Gasteiger partial charge in [-0.1, -0.05) is 51.7 Å². The Balaban J connectivity index is 2.44. The Morgan fingerprint density at radius 2 is 1.81 bits per heavy atom. The molecule has 1 rings (SSSR count). The van der Waals surface area contributed by atoms with Crippen molar-refractivity contribution in [2.45, 2.75) is 51.4 Å². The van der Waals surface area contributed by atoms with Crippen molar-refractivity contribution in [2.75, 3.05) is 0 Å². The molecule has 0 aliphatic rings. The van der Waals surface area contributed by atoms with Crippen LogP contribution in [-0.2, 0) is 0 Å². The molecule has 1 atom stereocenters. The van der Waals surface area contributed by atoms with Crippen LogP contribution < -0.4 is 0 Å². The van der Waals surface area contributed by atoms with Crippen LogP contribution in [0.3, 0.4) is 0 Å². The second-order valence-electron chi connectivity index (χ2n) is 4.39. The lowest BCUT2D eigenvalue weighted by Gasteiger charge is -2.15. The second-order valence-corrected chi connectivity index (χ2v) is 5.63. The normalized spacial score (nSPS) is 12.7. The molecule has 1 aromatic carbocycles. The monoisotopic (exact) mass is 329 g/mol. The Hall–Kier alpha value is -0.0500. The number of rotatable bonds is 7. The molecule has 0 heterocycles. The molecule has 0 aliphatic heterocycles. The molecule has 1 heteroatoms. The summed E-state index contributed by atoms with van der Waals surface area (Å²) in [6.07, 6.45) is 7.73. The molecule has 0 unspecified atom stereocenters. The van der Waals surface area contributed by atoms with Crippen molar-refractivity contribution in [3.8, 4) is 0 Å². The summed E-state index contributed by atoms with van der Waals surface area (Å²) in [7, 11) is 0. The molecule has 89 valence electrons. The molecular formula is C15H22I. The van der Waals surface area contributed by atoms with Crippen LogP contribution in [0.25, 0.3) is 0 Å². The first-order chi connectivity index (χ1) is 7.77. The summed E-state index contributed by atoms with van der Waals surface area (Å²) in [6.45, 7) is 6.34. The molecule has 0 spiro atoms. The van der Waals surface area contributed by atoms with Crippen LogP contribution in [0, 0.1) is 10.5 Å². The van der Waals surface area contributed by atoms with Gasteiger partial charge in [0, 0.05) is 3.57 Å². The smallest absolute Gasteiger partial charge is 0.0130 e. The Labute approximate surface area is 114 Å². The summed E-state index contributed by atoms with van der Waals surface area (Å²) in [5.41, 5.74) is 1.46. The van der Waals surface area contributed by atoms with Crippen molar-refractivity contribution in [3.63, 3.8) is 0 Å². The number of hydrogen-bond acceptors (Lipinski definition) is 0. The van der Waals surface area contributed by atoms with Gasteiger partial charge in [-0.2, -0.15) is 0 Å². The van der Waals surface area contributed by atoms with E-state index >= 15 is 0 Å². The van der Waals surface area contributed by atoms with E-state index in [1.807, 2.05) is 0 Å². The van der Waals surface area contributed by atoms with E-state index in [1.165, 1.54) is 41.2 Å². The van der Waals surface area contributed by atoms with Gasteiger partial charge in [-0.3, -0.25) is 0 Å². The van der Waals surface area contributed by atoms with Gasteiger partial charge >= 0.3 is 0 Å². The highest BCUT2D eigenvalue weighted by Crippen LogP contribution is 2.26. The van der Waals surface area contributed by atoms with E-state index in [0.717, 1.165) is 6.42 Å². The van der Waals surface area contributed by atoms with Gasteiger partial charge in [-0.05, 0) is 59.0 Å². The van der Waals surface area contributed by atoms with Crippen molar-refractivity contribution in [3.05, 3.63) is 40.3 Å². The van der Waals surface area contributed by atoms with Gasteiger partial charge in [-0.25, -0.2) is 0 Å². The number of halogens is 1. The molecule has 1 aromatic rings. The van der Waals surface area contributed by atoms with Gasteiger partial charge in [0.2, 0.25) is 0 Å². The van der Waals surface area contributed by atoms with Crippen molar-refractivity contribution in [2.24, 2.45) is 0 Å². The molecule has 0 nitrogen and oxygen atoms in total. The topological polar surface area (TPSA) is 0 Å². The molecule has 0 saturated carbocycles. The van der Waals surface area contributed by atoms with Crippen molar-refractivity contribution >= 4 is 22.6 Å². The third kappa shape index (κ3) is 4.86. The van der Waals surface area contributed by atoms with Crippen LogP contribution in [0.2, 0.25) is 0 Å². The van der Waals surface area contributed by atoms with E-state index in [0.29, 0.717) is 5.92 Å². The summed E-state index contributed by atoms with van der Waals surface area (Å²) in [5.74, 6) is 0.661. The maximum absolute atomic E-state index is 4.08. The van der Waals surface area contributed by atoms with Crippen molar-refractivity contribution in [1.29, 1.82) is 0 Å². The lowest BCUT2D eigenvalue weighted by Crippen LogP contribution is -1.97. The predicted molar refractivity (Wildman–Crippen MR) is 80.6 cm³/mol. The Morgan fingerprint density at radius 1 is 1.12 bits per heavy atom. The average molecular weight is 329 g/mol. The third-order valence-electron chi connectivity index (χ3n) is 3.10. The highest BCUT2D eigenvalue weighted by molar-refractivity contribution is 14.1. The Bertz CT molecular complexity index is 276. The standard InChI is InChI=1S/C15H22I/c1-3-5-6-7-8-13(4-2)14-9-11-15(16)12-10-14/h9-13H,2-8H2,1H3/t13-/m0/s1. The first-order valence-electron chi connectivity index (χ1n) is 6.32. The SMILES string of the molecule is [CH2]C[C@@H](CCCCCC)c1ccc(I)cc1. The van der Waals surface area contributed by atoms with E-state index in [1.54, 1.807) is 0 Å². The zero-order valence-corrected chi connectivity index (χ0v) is 12.4. The summed E-state index contributed by atoms with van der Waals surface area (Å²) in [5, 5.41) is 0. The van der Waals surface area contributed by atoms with E-state index < -0.39 is 0 Å². The largest absolute Gasteiger partial charge is 0.0654 e. The van der Waals surface area contributed by atoms with E-state index in [2.05, 4.69) is 60.7 Å². The fourth-order valence-corrected chi connectivity index (χ4v) is 2.39. The van der Waals surface area contributed by atoms with Gasteiger partial charge in [0.05, 0.1) is 0 Å². The highest BCUT2D eigenvalue weighted by Gasteiger charge is 2.08. The summed E-state index contributed by atoms with van der Waals surface area (Å²) < 4.78 is 1.31. The van der Waals surface area contributed by atoms with Crippen LogP contribution in [0.15, 0.2) is 24.3 Å². The number of unbranched alkanes of at least 4 members (excludes halogenated alkanes) is 3. The number of benzene rings is 1. The fraction of sp³-hybridized carbons (Fsp3) is 0.533. The maximum Gasteiger partial charge on any atom is 0.0130 e. The predicted octanol–water partition coefficient (Wildman–Crippen LogP) is 5.57. The molecule has 0 aromatic heterocycles. The molecule has 0 N–H and O–H groups in total. The second kappa shape index (κ2) is 8.10. The van der Waals surface area contributed by atoms with Gasteiger partial charge in [0.1, 0.15) is 0 Å². The van der Waals surface area contributed by atoms with Crippen LogP contribution in [0.1, 0.15) is 56.9 Å². The molecule has 0 aliphatic carbocycles. The van der Waals surface area contributed by atoms with E-state index in [4.69, 9.17) is 0 Å². The molecule has 0 amide bonds. The maximum atomic E-state index is 4.08. The molecule has 0 bridgehead atoms. The summed E-state index contributed by atoms with van der Waals surface area (Å²) in [6, 6.07) is 8.92. The quantitative estimate of drug-likeness (QED) is 0.453. The lowest BCUT2D eigenvalue weighted by atomic mass is 9.91. The summed E-state index contributed by atoms with van der Waals surface area (Å²) in [4.78, 5) is 0. The minimum Gasteiger partial charge on any atom is -0.0654 e. The molecule has 0 fully saturated rings. The van der Waals surface area contributed by atoms with Gasteiger partial charge < -0.3 is 0 Å². The first kappa shape index (κ1) is 14.0. The van der Waals surface area contributed by atoms with Crippen molar-refractivity contribution < 1.29 is 0 Å². The van der Waals surface area contributed by atoms with Crippen LogP contribution in [-0.4, -0.2) is 0 Å². The Morgan fingerprint density at radius 3 is 2.38 bits per heavy atom. The van der Waals surface area contributed by atoms with Gasteiger partial charge in [0.25, 0.3) is 0 Å². The molecule has 1 radical (unpaired) electrons. The summed E-state index contributed by atoms with van der Waals surface area (Å²) >= 11 is 2.36. The minimum atomic E-state index is 0.661. The molecular weight excluding hydrogens is 307 g/mol. The third-order valence-corrected chi connectivity index (χ3v) is 3.82. The molecule has 0 saturated heterocycles. The van der Waals surface area contributed by atoms with E-state index in [-0.39, 0.29) is 0 Å². The first-order valence-corrected chi connectivity index (χ1v) is 7.40. The average Bonchev–Trinajstić information content (AvgIpc) is 2.31. The van der Waals surface area contributed by atoms with Crippen molar-refractivity contribution in [1.82, 2.24) is 0 Å². The fourth-order valence-electron chi connectivity index (χ4n) is 2.03. The van der Waals surface area contributed by atoms with Crippen LogP contribution in [0.5, 0.6) is 0 Å². The zero-order chi connectivity index (χ0) is 11.8. The van der Waals surface area contributed by atoms with Crippen LogP contribution >= 0.6 is 22.6 Å². The van der Waals surface area contributed by atoms with Gasteiger partial charge in [-0.15, -0.1) is 0 Å². The zero-order valence-electron chi connectivity index (χ0n) is 10.2. The minimum absolute atomic E-state index is 0.661. The lowest BCUT2D eigenvalue weighted by molar-refractivity contribution is 0.556.